The summed E-state index contributed by atoms with van der Waals surface area (Å²) < 4.78 is 15.3. The Morgan fingerprint density at radius 2 is 2.22 bits per heavy atom. The Bertz CT molecular complexity index is 526. The molecule has 0 bridgehead atoms. The molecule has 1 saturated heterocycles. The van der Waals surface area contributed by atoms with E-state index in [0.29, 0.717) is 6.04 Å². The summed E-state index contributed by atoms with van der Waals surface area (Å²) in [5.74, 6) is -0.158. The minimum atomic E-state index is -0.158. The molecule has 1 aliphatic rings. The van der Waals surface area contributed by atoms with Gasteiger partial charge in [-0.3, -0.25) is 0 Å². The largest absolute Gasteiger partial charge is 0.347 e. The summed E-state index contributed by atoms with van der Waals surface area (Å²) >= 11 is 0. The second-order valence-corrected chi connectivity index (χ2v) is 5.15. The Balaban J connectivity index is 1.70. The number of piperidine rings is 1. The number of rotatable bonds is 3. The van der Waals surface area contributed by atoms with Gasteiger partial charge in [0.1, 0.15) is 5.82 Å². The number of benzene rings is 1. The van der Waals surface area contributed by atoms with Gasteiger partial charge in [0.2, 0.25) is 0 Å². The van der Waals surface area contributed by atoms with Crippen molar-refractivity contribution in [2.45, 2.75) is 38.3 Å². The number of hydrogen-bond acceptors (Lipinski definition) is 1. The lowest BCUT2D eigenvalue weighted by Crippen LogP contribution is -2.34. The van der Waals surface area contributed by atoms with Crippen LogP contribution < -0.4 is 5.32 Å². The van der Waals surface area contributed by atoms with Crippen LogP contribution in [0.25, 0.3) is 10.9 Å². The molecule has 1 unspecified atom stereocenters. The molecule has 1 N–H and O–H groups in total. The molecule has 2 aromatic rings. The summed E-state index contributed by atoms with van der Waals surface area (Å²) in [5.41, 5.74) is 1.13. The fraction of sp³-hybridized carbons (Fsp3) is 0.467. The molecule has 1 aromatic carbocycles. The SMILES string of the molecule is Fc1ccc2c(ccn2CCC2CCCCN2)c1. The van der Waals surface area contributed by atoms with Crippen molar-refractivity contribution in [3.63, 3.8) is 0 Å². The van der Waals surface area contributed by atoms with Crippen molar-refractivity contribution in [3.8, 4) is 0 Å². The van der Waals surface area contributed by atoms with Crippen LogP contribution in [0.4, 0.5) is 4.39 Å². The highest BCUT2D eigenvalue weighted by atomic mass is 19.1. The summed E-state index contributed by atoms with van der Waals surface area (Å²) in [6, 6.07) is 7.66. The highest BCUT2D eigenvalue weighted by Gasteiger charge is 2.12. The fourth-order valence-electron chi connectivity index (χ4n) is 2.83. The van der Waals surface area contributed by atoms with E-state index in [1.54, 1.807) is 6.07 Å². The van der Waals surface area contributed by atoms with Gasteiger partial charge in [0, 0.05) is 29.7 Å². The van der Waals surface area contributed by atoms with E-state index >= 15 is 0 Å². The zero-order valence-corrected chi connectivity index (χ0v) is 10.5. The van der Waals surface area contributed by atoms with Crippen LogP contribution in [-0.2, 0) is 6.54 Å². The maximum absolute atomic E-state index is 13.1. The van der Waals surface area contributed by atoms with E-state index < -0.39 is 0 Å². The first-order chi connectivity index (χ1) is 8.83. The standard InChI is InChI=1S/C15H19FN2/c16-13-4-5-15-12(11-13)6-9-18(15)10-7-14-3-1-2-8-17-14/h4-6,9,11,14,17H,1-3,7-8,10H2. The molecule has 96 valence electrons. The van der Waals surface area contributed by atoms with E-state index in [1.165, 1.54) is 25.3 Å². The summed E-state index contributed by atoms with van der Waals surface area (Å²) in [7, 11) is 0. The molecule has 0 saturated carbocycles. The third kappa shape index (κ3) is 2.41. The van der Waals surface area contributed by atoms with Crippen LogP contribution in [0.3, 0.4) is 0 Å². The fourth-order valence-corrected chi connectivity index (χ4v) is 2.83. The Morgan fingerprint density at radius 3 is 3.06 bits per heavy atom. The second-order valence-electron chi connectivity index (χ2n) is 5.15. The van der Waals surface area contributed by atoms with Crippen LogP contribution >= 0.6 is 0 Å². The van der Waals surface area contributed by atoms with E-state index in [2.05, 4.69) is 16.1 Å². The number of nitrogens with one attached hydrogen (secondary N) is 1. The monoisotopic (exact) mass is 246 g/mol. The molecule has 3 rings (SSSR count). The molecule has 0 amide bonds. The molecule has 1 aromatic heterocycles. The number of aryl methyl sites for hydroxylation is 1. The Kier molecular flexibility index (Phi) is 3.33. The molecule has 2 nitrogen and oxygen atoms in total. The maximum atomic E-state index is 13.1. The van der Waals surface area contributed by atoms with Crippen molar-refractivity contribution in [3.05, 3.63) is 36.3 Å². The van der Waals surface area contributed by atoms with E-state index in [-0.39, 0.29) is 5.82 Å². The van der Waals surface area contributed by atoms with Crippen molar-refractivity contribution < 1.29 is 4.39 Å². The van der Waals surface area contributed by atoms with Crippen molar-refractivity contribution in [2.75, 3.05) is 6.54 Å². The predicted molar refractivity (Wildman–Crippen MR) is 72.2 cm³/mol. The molecule has 2 heterocycles. The van der Waals surface area contributed by atoms with E-state index in [4.69, 9.17) is 0 Å². The minimum Gasteiger partial charge on any atom is -0.347 e. The molecule has 1 aliphatic heterocycles. The number of aromatic nitrogens is 1. The maximum Gasteiger partial charge on any atom is 0.123 e. The zero-order chi connectivity index (χ0) is 12.4. The van der Waals surface area contributed by atoms with Crippen molar-refractivity contribution in [1.82, 2.24) is 9.88 Å². The van der Waals surface area contributed by atoms with Gasteiger partial charge in [0.05, 0.1) is 0 Å². The zero-order valence-electron chi connectivity index (χ0n) is 10.5. The molecular weight excluding hydrogens is 227 g/mol. The number of fused-ring (bicyclic) bond motifs is 1. The smallest absolute Gasteiger partial charge is 0.123 e. The van der Waals surface area contributed by atoms with Gasteiger partial charge in [-0.25, -0.2) is 4.39 Å². The number of hydrogen-bond donors (Lipinski definition) is 1. The van der Waals surface area contributed by atoms with Crippen LogP contribution in [0.1, 0.15) is 25.7 Å². The first kappa shape index (κ1) is 11.7. The van der Waals surface area contributed by atoms with E-state index in [0.717, 1.165) is 30.4 Å². The predicted octanol–water partition coefficient (Wildman–Crippen LogP) is 3.31. The van der Waals surface area contributed by atoms with Gasteiger partial charge in [-0.1, -0.05) is 6.42 Å². The molecular formula is C15H19FN2. The molecule has 1 atom stereocenters. The minimum absolute atomic E-state index is 0.158. The third-order valence-corrected chi connectivity index (χ3v) is 3.86. The van der Waals surface area contributed by atoms with E-state index in [9.17, 15) is 4.39 Å². The Labute approximate surface area is 107 Å². The third-order valence-electron chi connectivity index (χ3n) is 3.86. The van der Waals surface area contributed by atoms with Gasteiger partial charge in [-0.2, -0.15) is 0 Å². The summed E-state index contributed by atoms with van der Waals surface area (Å²) in [6.07, 6.45) is 7.15. The van der Waals surface area contributed by atoms with Crippen LogP contribution in [-0.4, -0.2) is 17.2 Å². The van der Waals surface area contributed by atoms with Gasteiger partial charge < -0.3 is 9.88 Å². The van der Waals surface area contributed by atoms with Gasteiger partial charge >= 0.3 is 0 Å². The van der Waals surface area contributed by atoms with Gasteiger partial charge in [0.15, 0.2) is 0 Å². The normalized spacial score (nSPS) is 20.4. The van der Waals surface area contributed by atoms with Gasteiger partial charge in [-0.15, -0.1) is 0 Å². The Morgan fingerprint density at radius 1 is 1.28 bits per heavy atom. The first-order valence-corrected chi connectivity index (χ1v) is 6.81. The first-order valence-electron chi connectivity index (χ1n) is 6.81. The summed E-state index contributed by atoms with van der Waals surface area (Å²) in [4.78, 5) is 0. The van der Waals surface area contributed by atoms with Crippen LogP contribution in [0.5, 0.6) is 0 Å². The molecule has 0 aliphatic carbocycles. The lowest BCUT2D eigenvalue weighted by Gasteiger charge is -2.23. The molecule has 3 heteroatoms. The van der Waals surface area contributed by atoms with Gasteiger partial charge in [0.25, 0.3) is 0 Å². The van der Waals surface area contributed by atoms with E-state index in [1.807, 2.05) is 12.1 Å². The number of halogens is 1. The topological polar surface area (TPSA) is 17.0 Å². The van der Waals surface area contributed by atoms with Crippen molar-refractivity contribution >= 4 is 10.9 Å². The van der Waals surface area contributed by atoms with Crippen molar-refractivity contribution in [1.29, 1.82) is 0 Å². The van der Waals surface area contributed by atoms with Crippen LogP contribution in [0.2, 0.25) is 0 Å². The summed E-state index contributed by atoms with van der Waals surface area (Å²) in [6.45, 7) is 2.16. The molecule has 0 spiro atoms. The van der Waals surface area contributed by atoms with Gasteiger partial charge in [-0.05, 0) is 50.1 Å². The van der Waals surface area contributed by atoms with Crippen LogP contribution in [0.15, 0.2) is 30.5 Å². The van der Waals surface area contributed by atoms with Crippen molar-refractivity contribution in [2.24, 2.45) is 0 Å². The molecule has 0 radical (unpaired) electrons. The second kappa shape index (κ2) is 5.11. The highest BCUT2D eigenvalue weighted by Crippen LogP contribution is 2.18. The molecule has 18 heavy (non-hydrogen) atoms. The lowest BCUT2D eigenvalue weighted by atomic mass is 10.0. The quantitative estimate of drug-likeness (QED) is 0.879. The lowest BCUT2D eigenvalue weighted by molar-refractivity contribution is 0.368. The number of nitrogens with zero attached hydrogens (tertiary/aromatic N) is 1. The summed E-state index contributed by atoms with van der Waals surface area (Å²) in [5, 5.41) is 4.56. The average molecular weight is 246 g/mol. The average Bonchev–Trinajstić information content (AvgIpc) is 2.80. The van der Waals surface area contributed by atoms with Crippen LogP contribution in [0, 0.1) is 5.82 Å². The molecule has 1 fully saturated rings. The highest BCUT2D eigenvalue weighted by molar-refractivity contribution is 5.80. The Hall–Kier alpha value is -1.35.